The first kappa shape index (κ1) is 19.5. The third-order valence-corrected chi connectivity index (χ3v) is 6.38. The molecule has 1 aliphatic carbocycles. The van der Waals surface area contributed by atoms with E-state index in [2.05, 4.69) is 19.1 Å². The van der Waals surface area contributed by atoms with Crippen LogP contribution in [-0.2, 0) is 17.6 Å². The standard InChI is InChI=1S/C24H27F3O/c1-3-5-15-6-8-16(9-7-15)19-12-17-10-11-18-13-20(4-2)24(26,27)28-23(18)22(17)21(25)14-19/h6-9,12,14,18,20,23H,3-5,10-11,13H2,1-2H3. The maximum Gasteiger partial charge on any atom is 0.359 e. The molecule has 1 saturated heterocycles. The van der Waals surface area contributed by atoms with Crippen LogP contribution in [0.5, 0.6) is 0 Å². The topological polar surface area (TPSA) is 9.23 Å². The summed E-state index contributed by atoms with van der Waals surface area (Å²) in [6.07, 6.45) is 0.313. The fraction of sp³-hybridized carbons (Fsp3) is 0.500. The summed E-state index contributed by atoms with van der Waals surface area (Å²) in [5.74, 6) is -1.24. The number of hydrogen-bond acceptors (Lipinski definition) is 1. The van der Waals surface area contributed by atoms with Crippen molar-refractivity contribution >= 4 is 0 Å². The number of benzene rings is 2. The maximum atomic E-state index is 15.1. The Morgan fingerprint density at radius 1 is 1.07 bits per heavy atom. The number of aryl methyl sites for hydroxylation is 2. The van der Waals surface area contributed by atoms with Crippen molar-refractivity contribution in [1.29, 1.82) is 0 Å². The van der Waals surface area contributed by atoms with E-state index < -0.39 is 23.9 Å². The van der Waals surface area contributed by atoms with E-state index in [0.717, 1.165) is 36.0 Å². The molecular formula is C24H27F3O. The van der Waals surface area contributed by atoms with Crippen LogP contribution in [0.25, 0.3) is 11.1 Å². The molecule has 0 saturated carbocycles. The molecule has 0 spiro atoms. The molecule has 2 aliphatic rings. The van der Waals surface area contributed by atoms with E-state index in [0.29, 0.717) is 24.8 Å². The first-order valence-corrected chi connectivity index (χ1v) is 10.4. The minimum Gasteiger partial charge on any atom is -0.312 e. The summed E-state index contributed by atoms with van der Waals surface area (Å²) in [6, 6.07) is 11.6. The lowest BCUT2D eigenvalue weighted by atomic mass is 9.74. The molecule has 1 aliphatic heterocycles. The number of fused-ring (bicyclic) bond motifs is 3. The third-order valence-electron chi connectivity index (χ3n) is 6.38. The molecule has 150 valence electrons. The zero-order chi connectivity index (χ0) is 19.9. The van der Waals surface area contributed by atoms with Gasteiger partial charge >= 0.3 is 6.11 Å². The highest BCUT2D eigenvalue weighted by Crippen LogP contribution is 2.52. The zero-order valence-corrected chi connectivity index (χ0v) is 16.5. The van der Waals surface area contributed by atoms with Crippen LogP contribution in [0.2, 0.25) is 0 Å². The Balaban J connectivity index is 1.66. The lowest BCUT2D eigenvalue weighted by molar-refractivity contribution is -0.331. The Hall–Kier alpha value is -1.81. The summed E-state index contributed by atoms with van der Waals surface area (Å²) in [7, 11) is 0. The molecule has 1 fully saturated rings. The van der Waals surface area contributed by atoms with Crippen molar-refractivity contribution in [2.24, 2.45) is 11.8 Å². The van der Waals surface area contributed by atoms with Gasteiger partial charge in [0.25, 0.3) is 0 Å². The number of alkyl halides is 2. The second kappa shape index (κ2) is 7.55. The molecule has 0 bridgehead atoms. The second-order valence-electron chi connectivity index (χ2n) is 8.22. The van der Waals surface area contributed by atoms with Crippen LogP contribution in [0, 0.1) is 17.7 Å². The summed E-state index contributed by atoms with van der Waals surface area (Å²) >= 11 is 0. The summed E-state index contributed by atoms with van der Waals surface area (Å²) in [6.45, 7) is 3.90. The predicted octanol–water partition coefficient (Wildman–Crippen LogP) is 7.09. The average Bonchev–Trinajstić information content (AvgIpc) is 2.67. The van der Waals surface area contributed by atoms with Gasteiger partial charge in [0.05, 0.1) is 12.0 Å². The van der Waals surface area contributed by atoms with E-state index in [-0.39, 0.29) is 5.92 Å². The van der Waals surface area contributed by atoms with Gasteiger partial charge in [-0.15, -0.1) is 0 Å². The molecule has 1 heterocycles. The lowest BCUT2D eigenvalue weighted by Gasteiger charge is -2.44. The highest BCUT2D eigenvalue weighted by atomic mass is 19.3. The van der Waals surface area contributed by atoms with Crippen LogP contribution in [-0.4, -0.2) is 6.11 Å². The number of ether oxygens (including phenoxy) is 1. The monoisotopic (exact) mass is 388 g/mol. The Morgan fingerprint density at radius 2 is 1.82 bits per heavy atom. The van der Waals surface area contributed by atoms with E-state index >= 15 is 4.39 Å². The van der Waals surface area contributed by atoms with Gasteiger partial charge in [0.15, 0.2) is 0 Å². The third kappa shape index (κ3) is 3.47. The van der Waals surface area contributed by atoms with Gasteiger partial charge in [-0.05, 0) is 66.3 Å². The van der Waals surface area contributed by atoms with Gasteiger partial charge in [-0.1, -0.05) is 50.6 Å². The Labute approximate surface area is 164 Å². The first-order chi connectivity index (χ1) is 13.4. The van der Waals surface area contributed by atoms with Crippen LogP contribution in [0.4, 0.5) is 13.2 Å². The summed E-state index contributed by atoms with van der Waals surface area (Å²) < 4.78 is 49.0. The first-order valence-electron chi connectivity index (χ1n) is 10.4. The quantitative estimate of drug-likeness (QED) is 0.543. The molecule has 4 heteroatoms. The van der Waals surface area contributed by atoms with E-state index in [9.17, 15) is 8.78 Å². The number of hydrogen-bond donors (Lipinski definition) is 0. The van der Waals surface area contributed by atoms with Gasteiger partial charge in [0.1, 0.15) is 5.82 Å². The van der Waals surface area contributed by atoms with Crippen LogP contribution in [0.15, 0.2) is 36.4 Å². The molecule has 28 heavy (non-hydrogen) atoms. The largest absolute Gasteiger partial charge is 0.359 e. The second-order valence-corrected chi connectivity index (χ2v) is 8.22. The Bertz CT molecular complexity index is 844. The Kier molecular flexibility index (Phi) is 5.26. The molecule has 0 radical (unpaired) electrons. The van der Waals surface area contributed by atoms with E-state index in [1.54, 1.807) is 6.92 Å². The summed E-state index contributed by atoms with van der Waals surface area (Å²) in [4.78, 5) is 0. The van der Waals surface area contributed by atoms with Crippen LogP contribution >= 0.6 is 0 Å². The molecule has 1 nitrogen and oxygen atoms in total. The summed E-state index contributed by atoms with van der Waals surface area (Å²) in [5, 5.41) is 0. The van der Waals surface area contributed by atoms with Crippen molar-refractivity contribution in [2.45, 2.75) is 64.6 Å². The van der Waals surface area contributed by atoms with Gasteiger partial charge in [0.2, 0.25) is 0 Å². The molecule has 0 N–H and O–H groups in total. The molecule has 0 amide bonds. The zero-order valence-electron chi connectivity index (χ0n) is 16.5. The van der Waals surface area contributed by atoms with Crippen molar-refractivity contribution in [3.05, 3.63) is 58.9 Å². The van der Waals surface area contributed by atoms with Crippen molar-refractivity contribution in [3.63, 3.8) is 0 Å². The van der Waals surface area contributed by atoms with Gasteiger partial charge in [-0.3, -0.25) is 0 Å². The minimum atomic E-state index is -3.19. The van der Waals surface area contributed by atoms with Gasteiger partial charge in [-0.2, -0.15) is 8.78 Å². The molecule has 3 atom stereocenters. The fourth-order valence-electron chi connectivity index (χ4n) is 4.82. The molecule has 0 aromatic heterocycles. The van der Waals surface area contributed by atoms with Gasteiger partial charge in [0, 0.05) is 5.56 Å². The van der Waals surface area contributed by atoms with Crippen LogP contribution in [0.1, 0.15) is 62.3 Å². The molecule has 3 unspecified atom stereocenters. The van der Waals surface area contributed by atoms with Crippen LogP contribution in [0.3, 0.4) is 0 Å². The highest BCUT2D eigenvalue weighted by molar-refractivity contribution is 5.66. The SMILES string of the molecule is CCCc1ccc(-c2cc(F)c3c(c2)CCC2CC(CC)C(F)(F)OC32)cc1. The van der Waals surface area contributed by atoms with Gasteiger partial charge < -0.3 is 4.74 Å². The highest BCUT2D eigenvalue weighted by Gasteiger charge is 2.51. The molecule has 2 aromatic rings. The molecule has 4 rings (SSSR count). The maximum absolute atomic E-state index is 15.1. The van der Waals surface area contributed by atoms with E-state index in [4.69, 9.17) is 4.74 Å². The van der Waals surface area contributed by atoms with Crippen molar-refractivity contribution in [3.8, 4) is 11.1 Å². The van der Waals surface area contributed by atoms with Crippen molar-refractivity contribution in [2.75, 3.05) is 0 Å². The average molecular weight is 388 g/mol. The number of halogens is 3. The van der Waals surface area contributed by atoms with E-state index in [1.807, 2.05) is 18.2 Å². The van der Waals surface area contributed by atoms with Crippen molar-refractivity contribution in [1.82, 2.24) is 0 Å². The van der Waals surface area contributed by atoms with Gasteiger partial charge in [-0.25, -0.2) is 4.39 Å². The predicted molar refractivity (Wildman–Crippen MR) is 105 cm³/mol. The lowest BCUT2D eigenvalue weighted by Crippen LogP contribution is -2.43. The van der Waals surface area contributed by atoms with Crippen LogP contribution < -0.4 is 0 Å². The molecule has 2 aromatic carbocycles. The smallest absolute Gasteiger partial charge is 0.312 e. The number of rotatable bonds is 4. The van der Waals surface area contributed by atoms with Crippen molar-refractivity contribution < 1.29 is 17.9 Å². The van der Waals surface area contributed by atoms with E-state index in [1.165, 1.54) is 11.6 Å². The molecular weight excluding hydrogens is 361 g/mol. The normalized spacial score (nSPS) is 25.8. The minimum absolute atomic E-state index is 0.0363. The Morgan fingerprint density at radius 3 is 2.50 bits per heavy atom. The fourth-order valence-corrected chi connectivity index (χ4v) is 4.82. The summed E-state index contributed by atoms with van der Waals surface area (Å²) in [5.41, 5.74) is 4.16.